The third-order valence-electron chi connectivity index (χ3n) is 4.99. The molecule has 0 radical (unpaired) electrons. The molecule has 20 heavy (non-hydrogen) atoms. The number of fused-ring (bicyclic) bond motifs is 1. The van der Waals surface area contributed by atoms with Gasteiger partial charge in [0.05, 0.1) is 6.10 Å². The summed E-state index contributed by atoms with van der Waals surface area (Å²) >= 11 is 0. The van der Waals surface area contributed by atoms with E-state index in [1.807, 2.05) is 0 Å². The summed E-state index contributed by atoms with van der Waals surface area (Å²) in [5.41, 5.74) is 2.79. The molecule has 2 atom stereocenters. The van der Waals surface area contributed by atoms with Crippen LogP contribution in [-0.2, 0) is 12.8 Å². The average Bonchev–Trinajstić information content (AvgIpc) is 2.47. The van der Waals surface area contributed by atoms with Gasteiger partial charge in [-0.2, -0.15) is 0 Å². The van der Waals surface area contributed by atoms with Gasteiger partial charge < -0.3 is 14.9 Å². The molecular weight excluding hydrogens is 248 g/mol. The Morgan fingerprint density at radius 3 is 2.40 bits per heavy atom. The van der Waals surface area contributed by atoms with E-state index in [-0.39, 0.29) is 6.10 Å². The van der Waals surface area contributed by atoms with Gasteiger partial charge in [-0.15, -0.1) is 0 Å². The van der Waals surface area contributed by atoms with Crippen LogP contribution in [0.4, 0.5) is 0 Å². The minimum atomic E-state index is -0.155. The van der Waals surface area contributed by atoms with Gasteiger partial charge >= 0.3 is 0 Å². The molecular formula is C17H26N2O. The van der Waals surface area contributed by atoms with E-state index >= 15 is 0 Å². The molecule has 2 aliphatic rings. The maximum Gasteiger partial charge on any atom is 0.0612 e. The standard InChI is InChI=1S/C17H26N2O/c1-18-8-10-19(11-9-18)7-6-16-12-14-4-2-3-5-15(14)13-17(16)20/h2-5,16-17,20H,6-13H2,1H3/t16-,17-/m1/s1. The quantitative estimate of drug-likeness (QED) is 0.902. The molecule has 1 N–H and O–H groups in total. The molecule has 1 aromatic rings. The molecule has 3 rings (SSSR count). The summed E-state index contributed by atoms with van der Waals surface area (Å²) in [5.74, 6) is 0.435. The minimum absolute atomic E-state index is 0.155. The van der Waals surface area contributed by atoms with Crippen molar-refractivity contribution in [2.24, 2.45) is 5.92 Å². The summed E-state index contributed by atoms with van der Waals surface area (Å²) in [5, 5.41) is 10.4. The molecule has 0 amide bonds. The Morgan fingerprint density at radius 2 is 1.70 bits per heavy atom. The predicted molar refractivity (Wildman–Crippen MR) is 81.9 cm³/mol. The highest BCUT2D eigenvalue weighted by Crippen LogP contribution is 2.28. The molecule has 1 fully saturated rings. The third kappa shape index (κ3) is 3.22. The molecule has 0 bridgehead atoms. The van der Waals surface area contributed by atoms with Gasteiger partial charge in [-0.3, -0.25) is 0 Å². The van der Waals surface area contributed by atoms with Crippen molar-refractivity contribution in [2.75, 3.05) is 39.8 Å². The van der Waals surface area contributed by atoms with E-state index in [1.54, 1.807) is 0 Å². The molecule has 1 aliphatic carbocycles. The van der Waals surface area contributed by atoms with Crippen LogP contribution in [0.2, 0.25) is 0 Å². The summed E-state index contributed by atoms with van der Waals surface area (Å²) in [6, 6.07) is 8.59. The number of aliphatic hydroxyl groups excluding tert-OH is 1. The van der Waals surface area contributed by atoms with Gasteiger partial charge in [0.1, 0.15) is 0 Å². The van der Waals surface area contributed by atoms with Crippen molar-refractivity contribution >= 4 is 0 Å². The normalized spacial score (nSPS) is 28.3. The molecule has 0 saturated carbocycles. The molecule has 110 valence electrons. The Labute approximate surface area is 122 Å². The largest absolute Gasteiger partial charge is 0.392 e. The van der Waals surface area contributed by atoms with Crippen LogP contribution in [0, 0.1) is 5.92 Å². The van der Waals surface area contributed by atoms with Crippen LogP contribution < -0.4 is 0 Å². The van der Waals surface area contributed by atoms with E-state index in [2.05, 4.69) is 41.1 Å². The van der Waals surface area contributed by atoms with Crippen LogP contribution >= 0.6 is 0 Å². The molecule has 1 saturated heterocycles. The number of aliphatic hydroxyl groups is 1. The van der Waals surface area contributed by atoms with E-state index < -0.39 is 0 Å². The monoisotopic (exact) mass is 274 g/mol. The first-order chi connectivity index (χ1) is 9.72. The van der Waals surface area contributed by atoms with Gasteiger partial charge in [-0.05, 0) is 49.9 Å². The zero-order valence-electron chi connectivity index (χ0n) is 12.5. The van der Waals surface area contributed by atoms with Crippen LogP contribution in [0.5, 0.6) is 0 Å². The first-order valence-corrected chi connectivity index (χ1v) is 7.88. The van der Waals surface area contributed by atoms with Gasteiger partial charge in [-0.1, -0.05) is 24.3 Å². The fraction of sp³-hybridized carbons (Fsp3) is 0.647. The van der Waals surface area contributed by atoms with E-state index in [9.17, 15) is 5.11 Å². The van der Waals surface area contributed by atoms with Crippen molar-refractivity contribution in [3.63, 3.8) is 0 Å². The Hall–Kier alpha value is -0.900. The van der Waals surface area contributed by atoms with E-state index in [1.165, 1.54) is 37.3 Å². The summed E-state index contributed by atoms with van der Waals surface area (Å²) in [7, 11) is 2.19. The molecule has 1 aliphatic heterocycles. The number of nitrogens with zero attached hydrogens (tertiary/aromatic N) is 2. The van der Waals surface area contributed by atoms with Crippen molar-refractivity contribution < 1.29 is 5.11 Å². The molecule has 1 aromatic carbocycles. The number of benzene rings is 1. The number of hydrogen-bond acceptors (Lipinski definition) is 3. The van der Waals surface area contributed by atoms with Crippen LogP contribution in [0.1, 0.15) is 17.5 Å². The van der Waals surface area contributed by atoms with Crippen LogP contribution in [0.25, 0.3) is 0 Å². The predicted octanol–water partition coefficient (Wildman–Crippen LogP) is 1.40. The van der Waals surface area contributed by atoms with Crippen molar-refractivity contribution in [2.45, 2.75) is 25.4 Å². The zero-order valence-corrected chi connectivity index (χ0v) is 12.5. The summed E-state index contributed by atoms with van der Waals surface area (Å²) < 4.78 is 0. The lowest BCUT2D eigenvalue weighted by atomic mass is 9.80. The summed E-state index contributed by atoms with van der Waals surface area (Å²) in [6.07, 6.45) is 2.85. The third-order valence-corrected chi connectivity index (χ3v) is 4.99. The lowest BCUT2D eigenvalue weighted by Crippen LogP contribution is -2.45. The molecule has 3 nitrogen and oxygen atoms in total. The Balaban J connectivity index is 1.53. The molecule has 0 unspecified atom stereocenters. The topological polar surface area (TPSA) is 26.7 Å². The fourth-order valence-corrected chi connectivity index (χ4v) is 3.48. The Bertz CT molecular complexity index is 440. The van der Waals surface area contributed by atoms with Gasteiger partial charge in [0.2, 0.25) is 0 Å². The van der Waals surface area contributed by atoms with Crippen molar-refractivity contribution in [1.29, 1.82) is 0 Å². The maximum absolute atomic E-state index is 10.4. The van der Waals surface area contributed by atoms with Crippen LogP contribution in [0.3, 0.4) is 0 Å². The average molecular weight is 274 g/mol. The SMILES string of the molecule is CN1CCN(CC[C@@H]2Cc3ccccc3C[C@H]2O)CC1. The van der Waals surface area contributed by atoms with E-state index in [0.29, 0.717) is 5.92 Å². The van der Waals surface area contributed by atoms with Crippen molar-refractivity contribution in [1.82, 2.24) is 9.80 Å². The first-order valence-electron chi connectivity index (χ1n) is 7.88. The lowest BCUT2D eigenvalue weighted by molar-refractivity contribution is 0.0787. The number of hydrogen-bond donors (Lipinski definition) is 1. The number of likely N-dealkylation sites (N-methyl/N-ethyl adjacent to an activating group) is 1. The van der Waals surface area contributed by atoms with Crippen LogP contribution in [-0.4, -0.2) is 60.8 Å². The van der Waals surface area contributed by atoms with Gasteiger partial charge in [-0.25, -0.2) is 0 Å². The second-order valence-corrected chi connectivity index (χ2v) is 6.44. The molecule has 0 aromatic heterocycles. The Kier molecular flexibility index (Phi) is 4.39. The van der Waals surface area contributed by atoms with Crippen molar-refractivity contribution in [3.05, 3.63) is 35.4 Å². The highest BCUT2D eigenvalue weighted by atomic mass is 16.3. The first kappa shape index (κ1) is 14.1. The van der Waals surface area contributed by atoms with E-state index in [0.717, 1.165) is 25.8 Å². The van der Waals surface area contributed by atoms with Gasteiger partial charge in [0, 0.05) is 26.2 Å². The second-order valence-electron chi connectivity index (χ2n) is 6.44. The smallest absolute Gasteiger partial charge is 0.0612 e. The highest BCUT2D eigenvalue weighted by Gasteiger charge is 2.27. The number of rotatable bonds is 3. The second kappa shape index (κ2) is 6.25. The zero-order chi connectivity index (χ0) is 13.9. The maximum atomic E-state index is 10.4. The van der Waals surface area contributed by atoms with E-state index in [4.69, 9.17) is 0 Å². The lowest BCUT2D eigenvalue weighted by Gasteiger charge is -2.35. The molecule has 1 heterocycles. The van der Waals surface area contributed by atoms with Crippen molar-refractivity contribution in [3.8, 4) is 0 Å². The Morgan fingerprint density at radius 1 is 1.05 bits per heavy atom. The van der Waals surface area contributed by atoms with Crippen LogP contribution in [0.15, 0.2) is 24.3 Å². The van der Waals surface area contributed by atoms with Gasteiger partial charge in [0.15, 0.2) is 0 Å². The number of piperazine rings is 1. The highest BCUT2D eigenvalue weighted by molar-refractivity contribution is 5.30. The summed E-state index contributed by atoms with van der Waals surface area (Å²) in [4.78, 5) is 4.94. The fourth-order valence-electron chi connectivity index (χ4n) is 3.48. The summed E-state index contributed by atoms with van der Waals surface area (Å²) in [6.45, 7) is 5.84. The molecule has 3 heteroatoms. The van der Waals surface area contributed by atoms with Gasteiger partial charge in [0.25, 0.3) is 0 Å². The molecule has 0 spiro atoms. The minimum Gasteiger partial charge on any atom is -0.392 e.